The van der Waals surface area contributed by atoms with Gasteiger partial charge >= 0.3 is 0 Å². The summed E-state index contributed by atoms with van der Waals surface area (Å²) >= 11 is 0. The van der Waals surface area contributed by atoms with Crippen molar-refractivity contribution in [3.63, 3.8) is 0 Å². The Bertz CT molecular complexity index is 725. The molecule has 0 radical (unpaired) electrons. The van der Waals surface area contributed by atoms with E-state index in [1.54, 1.807) is 0 Å². The van der Waals surface area contributed by atoms with Gasteiger partial charge in [-0.2, -0.15) is 0 Å². The van der Waals surface area contributed by atoms with Gasteiger partial charge in [-0.05, 0) is 37.0 Å². The Hall–Kier alpha value is -1.03. The second-order valence-corrected chi connectivity index (χ2v) is 8.28. The molecule has 1 aromatic rings. The van der Waals surface area contributed by atoms with E-state index in [2.05, 4.69) is 4.72 Å². The number of benzene rings is 1. The smallest absolute Gasteiger partial charge is 0.225 e. The third-order valence-electron chi connectivity index (χ3n) is 3.22. The summed E-state index contributed by atoms with van der Waals surface area (Å²) in [6.07, 6.45) is 1.41. The summed E-state index contributed by atoms with van der Waals surface area (Å²) in [4.78, 5) is -1.05. The molecular formula is C11H15FN2O4S2. The summed E-state index contributed by atoms with van der Waals surface area (Å²) in [5.74, 6) is -0.700. The van der Waals surface area contributed by atoms with Gasteiger partial charge in [-0.3, -0.25) is 0 Å². The van der Waals surface area contributed by atoms with Gasteiger partial charge in [0.25, 0.3) is 0 Å². The summed E-state index contributed by atoms with van der Waals surface area (Å²) in [5, 5.41) is 4.85. The maximum absolute atomic E-state index is 13.8. The molecule has 1 aliphatic rings. The van der Waals surface area contributed by atoms with Crippen molar-refractivity contribution < 1.29 is 21.2 Å². The molecule has 2 rings (SSSR count). The van der Waals surface area contributed by atoms with E-state index >= 15 is 0 Å². The van der Waals surface area contributed by atoms with E-state index in [0.29, 0.717) is 24.8 Å². The lowest BCUT2D eigenvalue weighted by atomic mass is 9.83. The van der Waals surface area contributed by atoms with E-state index in [-0.39, 0.29) is 6.04 Å². The van der Waals surface area contributed by atoms with Crippen molar-refractivity contribution >= 4 is 20.0 Å². The molecule has 0 aromatic heterocycles. The van der Waals surface area contributed by atoms with E-state index in [4.69, 9.17) is 5.14 Å². The van der Waals surface area contributed by atoms with Crippen LogP contribution in [0.15, 0.2) is 28.0 Å². The van der Waals surface area contributed by atoms with Crippen LogP contribution in [-0.2, 0) is 20.0 Å². The molecule has 0 amide bonds. The summed E-state index contributed by atoms with van der Waals surface area (Å²) in [5.41, 5.74) is 0. The lowest BCUT2D eigenvalue weighted by Crippen LogP contribution is -2.43. The van der Waals surface area contributed by atoms with Gasteiger partial charge in [0.15, 0.2) is 0 Å². The minimum atomic E-state index is -4.07. The molecule has 0 spiro atoms. The van der Waals surface area contributed by atoms with Crippen LogP contribution < -0.4 is 9.86 Å². The lowest BCUT2D eigenvalue weighted by Gasteiger charge is -2.32. The van der Waals surface area contributed by atoms with Gasteiger partial charge in [0.2, 0.25) is 20.0 Å². The maximum Gasteiger partial charge on any atom is 0.243 e. The Morgan fingerprint density at radius 3 is 2.30 bits per heavy atom. The van der Waals surface area contributed by atoms with Crippen LogP contribution >= 0.6 is 0 Å². The molecule has 3 N–H and O–H groups in total. The zero-order valence-electron chi connectivity index (χ0n) is 10.7. The molecule has 0 aliphatic heterocycles. The Labute approximate surface area is 117 Å². The van der Waals surface area contributed by atoms with Crippen LogP contribution in [0.5, 0.6) is 0 Å². The zero-order chi connectivity index (χ0) is 15.1. The van der Waals surface area contributed by atoms with Crippen molar-refractivity contribution in [2.24, 2.45) is 11.1 Å². The minimum Gasteiger partial charge on any atom is -0.225 e. The van der Waals surface area contributed by atoms with Crippen LogP contribution in [0, 0.1) is 11.7 Å². The first-order valence-corrected chi connectivity index (χ1v) is 8.97. The topological polar surface area (TPSA) is 106 Å². The van der Waals surface area contributed by atoms with Crippen LogP contribution in [-0.4, -0.2) is 22.9 Å². The molecule has 9 heteroatoms. The van der Waals surface area contributed by atoms with Crippen LogP contribution in [0.1, 0.15) is 19.8 Å². The summed E-state index contributed by atoms with van der Waals surface area (Å²) < 4.78 is 62.3. The van der Waals surface area contributed by atoms with E-state index < -0.39 is 35.7 Å². The normalized spacial score (nSPS) is 23.4. The third kappa shape index (κ3) is 3.17. The predicted molar refractivity (Wildman–Crippen MR) is 70.3 cm³/mol. The number of sulfonamides is 2. The van der Waals surface area contributed by atoms with Gasteiger partial charge in [-0.25, -0.2) is 31.1 Å². The van der Waals surface area contributed by atoms with Crippen LogP contribution in [0.3, 0.4) is 0 Å². The number of halogens is 1. The van der Waals surface area contributed by atoms with E-state index in [9.17, 15) is 21.2 Å². The largest absolute Gasteiger partial charge is 0.243 e. The quantitative estimate of drug-likeness (QED) is 0.844. The average molecular weight is 322 g/mol. The molecule has 0 unspecified atom stereocenters. The Balaban J connectivity index is 2.28. The van der Waals surface area contributed by atoms with Crippen LogP contribution in [0.25, 0.3) is 0 Å². The van der Waals surface area contributed by atoms with E-state index in [1.165, 1.54) is 0 Å². The predicted octanol–water partition coefficient (Wildman–Crippen LogP) is 0.550. The highest BCUT2D eigenvalue weighted by Crippen LogP contribution is 2.28. The zero-order valence-corrected chi connectivity index (χ0v) is 12.3. The molecule has 1 aromatic carbocycles. The first-order chi connectivity index (χ1) is 9.09. The van der Waals surface area contributed by atoms with Crippen molar-refractivity contribution in [1.29, 1.82) is 0 Å². The van der Waals surface area contributed by atoms with Crippen molar-refractivity contribution in [2.45, 2.75) is 35.6 Å². The number of nitrogens with two attached hydrogens (primary N) is 1. The van der Waals surface area contributed by atoms with Crippen LogP contribution in [0.4, 0.5) is 4.39 Å². The molecule has 20 heavy (non-hydrogen) atoms. The summed E-state index contributed by atoms with van der Waals surface area (Å²) in [6.45, 7) is 1.99. The average Bonchev–Trinajstić information content (AvgIpc) is 2.24. The van der Waals surface area contributed by atoms with Gasteiger partial charge in [0.1, 0.15) is 10.7 Å². The van der Waals surface area contributed by atoms with Gasteiger partial charge < -0.3 is 0 Å². The third-order valence-corrected chi connectivity index (χ3v) is 5.68. The van der Waals surface area contributed by atoms with Crippen molar-refractivity contribution in [3.05, 3.63) is 24.0 Å². The fourth-order valence-corrected chi connectivity index (χ4v) is 4.00. The van der Waals surface area contributed by atoms with Gasteiger partial charge in [0, 0.05) is 6.04 Å². The molecule has 0 heterocycles. The lowest BCUT2D eigenvalue weighted by molar-refractivity contribution is 0.270. The highest BCUT2D eigenvalue weighted by Gasteiger charge is 2.31. The number of rotatable bonds is 4. The SMILES string of the molecule is CC1CC(NS(=O)(=O)c2ccc(S(N)(=O)=O)cc2F)C1. The van der Waals surface area contributed by atoms with Gasteiger partial charge in [-0.15, -0.1) is 0 Å². The monoisotopic (exact) mass is 322 g/mol. The molecule has 0 atom stereocenters. The minimum absolute atomic E-state index is 0.202. The first-order valence-electron chi connectivity index (χ1n) is 5.94. The fourth-order valence-electron chi connectivity index (χ4n) is 2.16. The van der Waals surface area contributed by atoms with Crippen molar-refractivity contribution in [1.82, 2.24) is 4.72 Å². The highest BCUT2D eigenvalue weighted by molar-refractivity contribution is 7.89. The molecule has 6 nitrogen and oxygen atoms in total. The highest BCUT2D eigenvalue weighted by atomic mass is 32.2. The van der Waals surface area contributed by atoms with Crippen molar-refractivity contribution in [2.75, 3.05) is 0 Å². The van der Waals surface area contributed by atoms with Crippen molar-refractivity contribution in [3.8, 4) is 0 Å². The molecular weight excluding hydrogens is 307 g/mol. The summed E-state index contributed by atoms with van der Waals surface area (Å²) in [7, 11) is -8.06. The molecule has 1 fully saturated rings. The van der Waals surface area contributed by atoms with Gasteiger partial charge in [-0.1, -0.05) is 6.92 Å². The number of hydrogen-bond donors (Lipinski definition) is 2. The molecule has 1 aliphatic carbocycles. The van der Waals surface area contributed by atoms with E-state index in [1.807, 2.05) is 6.92 Å². The van der Waals surface area contributed by atoms with Crippen LogP contribution in [0.2, 0.25) is 0 Å². The van der Waals surface area contributed by atoms with Gasteiger partial charge in [0.05, 0.1) is 4.90 Å². The summed E-state index contributed by atoms with van der Waals surface area (Å²) in [6, 6.07) is 2.27. The van der Waals surface area contributed by atoms with E-state index in [0.717, 1.165) is 12.1 Å². The first kappa shape index (κ1) is 15.4. The number of nitrogens with one attached hydrogen (secondary N) is 1. The molecule has 1 saturated carbocycles. The molecule has 0 saturated heterocycles. The standard InChI is InChI=1S/C11H15FN2O4S2/c1-7-4-8(5-7)14-20(17,18)11-3-2-9(6-10(11)12)19(13,15)16/h2-3,6-8,14H,4-5H2,1H3,(H2,13,15,16). The Morgan fingerprint density at radius 1 is 1.25 bits per heavy atom. The second-order valence-electron chi connectivity index (χ2n) is 5.03. The second kappa shape index (κ2) is 5.06. The maximum atomic E-state index is 13.8. The fraction of sp³-hybridized carbons (Fsp3) is 0.455. The molecule has 0 bridgehead atoms. The number of primary sulfonamides is 1. The number of hydrogen-bond acceptors (Lipinski definition) is 4. The Kier molecular flexibility index (Phi) is 3.89. The Morgan fingerprint density at radius 2 is 1.85 bits per heavy atom. The molecule has 112 valence electrons.